The lowest BCUT2D eigenvalue weighted by Crippen LogP contribution is -2.58. The molecule has 2 saturated heterocycles. The van der Waals surface area contributed by atoms with E-state index in [0.717, 1.165) is 45.4 Å². The van der Waals surface area contributed by atoms with Crippen molar-refractivity contribution in [2.24, 2.45) is 0 Å². The van der Waals surface area contributed by atoms with Crippen molar-refractivity contribution >= 4 is 5.91 Å². The summed E-state index contributed by atoms with van der Waals surface area (Å²) in [6.45, 7) is 4.84. The summed E-state index contributed by atoms with van der Waals surface area (Å²) in [7, 11) is 4.23. The highest BCUT2D eigenvalue weighted by atomic mass is 19.1. The fraction of sp³-hybridized carbons (Fsp3) is 0.941. The largest absolute Gasteiger partial charge is 0.340 e. The van der Waals surface area contributed by atoms with Crippen molar-refractivity contribution in [2.75, 3.05) is 46.8 Å². The van der Waals surface area contributed by atoms with Crippen molar-refractivity contribution in [3.05, 3.63) is 0 Å². The van der Waals surface area contributed by atoms with Crippen molar-refractivity contribution in [2.45, 2.75) is 56.2 Å². The van der Waals surface area contributed by atoms with E-state index in [4.69, 9.17) is 0 Å². The van der Waals surface area contributed by atoms with Crippen LogP contribution in [-0.2, 0) is 4.79 Å². The van der Waals surface area contributed by atoms with E-state index in [2.05, 4.69) is 23.9 Å². The summed E-state index contributed by atoms with van der Waals surface area (Å²) in [6.07, 6.45) is 6.26. The summed E-state index contributed by atoms with van der Waals surface area (Å²) in [5.74, 6) is -0.230. The molecular formula is C17H30FN3O. The molecule has 0 unspecified atom stereocenters. The Labute approximate surface area is 133 Å². The Morgan fingerprint density at radius 3 is 2.27 bits per heavy atom. The van der Waals surface area contributed by atoms with E-state index in [-0.39, 0.29) is 11.4 Å². The lowest BCUT2D eigenvalue weighted by atomic mass is 9.79. The second-order valence-electron chi connectivity index (χ2n) is 7.73. The maximum absolute atomic E-state index is 14.3. The van der Waals surface area contributed by atoms with Crippen LogP contribution >= 0.6 is 0 Å². The summed E-state index contributed by atoms with van der Waals surface area (Å²) in [5.41, 5.74) is -1.25. The van der Waals surface area contributed by atoms with E-state index in [9.17, 15) is 9.18 Å². The lowest BCUT2D eigenvalue weighted by Gasteiger charge is -2.47. The Balaban J connectivity index is 1.57. The number of hydrogen-bond acceptors (Lipinski definition) is 3. The molecule has 0 aromatic carbocycles. The van der Waals surface area contributed by atoms with Crippen LogP contribution in [0.1, 0.15) is 44.9 Å². The number of alkyl halides is 1. The van der Waals surface area contributed by atoms with Gasteiger partial charge in [0.15, 0.2) is 5.67 Å². The van der Waals surface area contributed by atoms with Gasteiger partial charge in [-0.2, -0.15) is 0 Å². The second-order valence-corrected chi connectivity index (χ2v) is 7.73. The molecule has 0 radical (unpaired) electrons. The van der Waals surface area contributed by atoms with Crippen LogP contribution in [0.15, 0.2) is 0 Å². The predicted molar refractivity (Wildman–Crippen MR) is 85.6 cm³/mol. The maximum Gasteiger partial charge on any atom is 0.260 e. The zero-order valence-electron chi connectivity index (χ0n) is 14.1. The predicted octanol–water partition coefficient (Wildman–Crippen LogP) is 1.90. The fourth-order valence-corrected chi connectivity index (χ4v) is 4.34. The minimum Gasteiger partial charge on any atom is -0.340 e. The molecule has 1 spiro atoms. The SMILES string of the molecule is CN(C)CCN1CCCC12CCN(C(=O)C1(F)CCC1)CC2. The molecule has 0 N–H and O–H groups in total. The smallest absolute Gasteiger partial charge is 0.260 e. The first-order valence-electron chi connectivity index (χ1n) is 8.83. The zero-order chi connectivity index (χ0) is 15.8. The molecule has 22 heavy (non-hydrogen) atoms. The Morgan fingerprint density at radius 1 is 1.05 bits per heavy atom. The third-order valence-electron chi connectivity index (χ3n) is 6.07. The first-order chi connectivity index (χ1) is 10.5. The highest BCUT2D eigenvalue weighted by Gasteiger charge is 2.50. The molecule has 0 aromatic rings. The van der Waals surface area contributed by atoms with Crippen LogP contribution in [0.2, 0.25) is 0 Å². The summed E-state index contributed by atoms with van der Waals surface area (Å²) in [5, 5.41) is 0. The summed E-state index contributed by atoms with van der Waals surface area (Å²) in [4.78, 5) is 19.0. The molecule has 0 aromatic heterocycles. The molecule has 3 aliphatic rings. The lowest BCUT2D eigenvalue weighted by molar-refractivity contribution is -0.152. The molecule has 1 saturated carbocycles. The summed E-state index contributed by atoms with van der Waals surface area (Å²) >= 11 is 0. The normalized spacial score (nSPS) is 27.4. The monoisotopic (exact) mass is 311 g/mol. The number of carbonyl (C=O) groups excluding carboxylic acids is 1. The highest BCUT2D eigenvalue weighted by Crippen LogP contribution is 2.41. The minimum atomic E-state index is -1.52. The molecular weight excluding hydrogens is 281 g/mol. The van der Waals surface area contributed by atoms with Crippen LogP contribution in [0.3, 0.4) is 0 Å². The molecule has 126 valence electrons. The van der Waals surface area contributed by atoms with Crippen molar-refractivity contribution in [3.8, 4) is 0 Å². The number of amides is 1. The molecule has 0 atom stereocenters. The molecule has 2 aliphatic heterocycles. The van der Waals surface area contributed by atoms with Gasteiger partial charge in [-0.25, -0.2) is 4.39 Å². The van der Waals surface area contributed by atoms with Gasteiger partial charge >= 0.3 is 0 Å². The Bertz CT molecular complexity index is 414. The standard InChI is InChI=1S/C17H30FN3O/c1-19(2)13-14-21-10-4-5-16(21)8-11-20(12-9-16)15(22)17(18)6-3-7-17/h3-14H2,1-2H3. The van der Waals surface area contributed by atoms with E-state index in [1.165, 1.54) is 19.4 Å². The van der Waals surface area contributed by atoms with Crippen LogP contribution in [-0.4, -0.2) is 78.6 Å². The van der Waals surface area contributed by atoms with Gasteiger partial charge in [0.25, 0.3) is 5.91 Å². The number of likely N-dealkylation sites (tertiary alicyclic amines) is 2. The average molecular weight is 311 g/mol. The molecule has 0 bridgehead atoms. The van der Waals surface area contributed by atoms with Crippen LogP contribution in [0.5, 0.6) is 0 Å². The minimum absolute atomic E-state index is 0.230. The van der Waals surface area contributed by atoms with Crippen LogP contribution in [0.25, 0.3) is 0 Å². The van der Waals surface area contributed by atoms with Gasteiger partial charge in [-0.3, -0.25) is 9.69 Å². The number of carbonyl (C=O) groups is 1. The first-order valence-corrected chi connectivity index (χ1v) is 8.83. The first kappa shape index (κ1) is 16.2. The molecule has 1 amide bonds. The number of rotatable bonds is 4. The summed E-state index contributed by atoms with van der Waals surface area (Å²) < 4.78 is 14.3. The van der Waals surface area contributed by atoms with Crippen molar-refractivity contribution in [3.63, 3.8) is 0 Å². The topological polar surface area (TPSA) is 26.8 Å². The highest BCUT2D eigenvalue weighted by molar-refractivity contribution is 5.86. The molecule has 2 heterocycles. The van der Waals surface area contributed by atoms with Gasteiger partial charge in [-0.1, -0.05) is 0 Å². The molecule has 1 aliphatic carbocycles. The van der Waals surface area contributed by atoms with Gasteiger partial charge in [0.05, 0.1) is 0 Å². The molecule has 3 fully saturated rings. The van der Waals surface area contributed by atoms with Gasteiger partial charge in [0.2, 0.25) is 0 Å². The molecule has 5 heteroatoms. The van der Waals surface area contributed by atoms with Gasteiger partial charge < -0.3 is 9.80 Å². The number of nitrogens with zero attached hydrogens (tertiary/aromatic N) is 3. The van der Waals surface area contributed by atoms with Crippen molar-refractivity contribution < 1.29 is 9.18 Å². The van der Waals surface area contributed by atoms with E-state index in [1.807, 2.05) is 0 Å². The van der Waals surface area contributed by atoms with E-state index < -0.39 is 5.67 Å². The quantitative estimate of drug-likeness (QED) is 0.793. The summed E-state index contributed by atoms with van der Waals surface area (Å²) in [6, 6.07) is 0. The third kappa shape index (κ3) is 2.90. The van der Waals surface area contributed by atoms with Crippen molar-refractivity contribution in [1.29, 1.82) is 0 Å². The van der Waals surface area contributed by atoms with Crippen LogP contribution < -0.4 is 0 Å². The Morgan fingerprint density at radius 2 is 1.73 bits per heavy atom. The second kappa shape index (κ2) is 6.08. The number of hydrogen-bond donors (Lipinski definition) is 0. The number of likely N-dealkylation sites (N-methyl/N-ethyl adjacent to an activating group) is 1. The van der Waals surface area contributed by atoms with Gasteiger partial charge in [-0.05, 0) is 65.6 Å². The van der Waals surface area contributed by atoms with E-state index in [1.54, 1.807) is 4.90 Å². The van der Waals surface area contributed by atoms with Gasteiger partial charge in [0.1, 0.15) is 0 Å². The van der Waals surface area contributed by atoms with Crippen LogP contribution in [0.4, 0.5) is 4.39 Å². The van der Waals surface area contributed by atoms with Crippen molar-refractivity contribution in [1.82, 2.24) is 14.7 Å². The van der Waals surface area contributed by atoms with Gasteiger partial charge in [-0.15, -0.1) is 0 Å². The number of halogens is 1. The Kier molecular flexibility index (Phi) is 4.47. The van der Waals surface area contributed by atoms with E-state index in [0.29, 0.717) is 12.8 Å². The van der Waals surface area contributed by atoms with E-state index >= 15 is 0 Å². The zero-order valence-corrected chi connectivity index (χ0v) is 14.1. The van der Waals surface area contributed by atoms with Crippen LogP contribution in [0, 0.1) is 0 Å². The Hall–Kier alpha value is -0.680. The fourth-order valence-electron chi connectivity index (χ4n) is 4.34. The van der Waals surface area contributed by atoms with Gasteiger partial charge in [0, 0.05) is 31.7 Å². The molecule has 4 nitrogen and oxygen atoms in total. The average Bonchev–Trinajstić information content (AvgIpc) is 2.85. The number of piperidine rings is 1. The molecule has 3 rings (SSSR count). The third-order valence-corrected chi connectivity index (χ3v) is 6.07. The maximum atomic E-state index is 14.3.